The summed E-state index contributed by atoms with van der Waals surface area (Å²) in [4.78, 5) is 14.0. The summed E-state index contributed by atoms with van der Waals surface area (Å²) < 4.78 is 47.0. The monoisotopic (exact) mass is 357 g/mol. The molecule has 0 aliphatic carbocycles. The lowest BCUT2D eigenvalue weighted by molar-refractivity contribution is -0.274. The Kier molecular flexibility index (Phi) is 4.75. The predicted molar refractivity (Wildman–Crippen MR) is 84.1 cm³/mol. The van der Waals surface area contributed by atoms with E-state index < -0.39 is 6.36 Å². The Bertz CT molecular complexity index is 723. The predicted octanol–water partition coefficient (Wildman–Crippen LogP) is 4.03. The molecule has 1 saturated heterocycles. The summed E-state index contributed by atoms with van der Waals surface area (Å²) in [5.41, 5.74) is 0.142. The molecule has 2 aromatic rings. The lowest BCUT2D eigenvalue weighted by Gasteiger charge is -2.25. The van der Waals surface area contributed by atoms with Gasteiger partial charge in [-0.3, -0.25) is 4.79 Å². The van der Waals surface area contributed by atoms with E-state index in [0.29, 0.717) is 13.1 Å². The van der Waals surface area contributed by atoms with Crippen molar-refractivity contribution in [2.24, 2.45) is 0 Å². The minimum absolute atomic E-state index is 0.110. The topological polar surface area (TPSA) is 42.7 Å². The zero-order valence-electron chi connectivity index (χ0n) is 12.5. The van der Waals surface area contributed by atoms with Crippen LogP contribution in [0.5, 0.6) is 5.75 Å². The van der Waals surface area contributed by atoms with Gasteiger partial charge in [-0.15, -0.1) is 13.2 Å². The maximum Gasteiger partial charge on any atom is 0.573 e. The third-order valence-electron chi connectivity index (χ3n) is 3.49. The van der Waals surface area contributed by atoms with Gasteiger partial charge in [-0.2, -0.15) is 11.8 Å². The van der Waals surface area contributed by atoms with Gasteiger partial charge in [0.2, 0.25) is 0 Å². The van der Waals surface area contributed by atoms with E-state index in [9.17, 15) is 18.0 Å². The Morgan fingerprint density at radius 2 is 1.83 bits per heavy atom. The van der Waals surface area contributed by atoms with Crippen LogP contribution in [0.4, 0.5) is 13.2 Å². The molecule has 0 spiro atoms. The van der Waals surface area contributed by atoms with Gasteiger partial charge in [-0.25, -0.2) is 0 Å². The molecule has 1 fully saturated rings. The minimum atomic E-state index is -4.80. The number of alkyl halides is 3. The Balaban J connectivity index is 1.84. The molecule has 1 aromatic carbocycles. The molecule has 128 valence electrons. The molecule has 8 heteroatoms. The van der Waals surface area contributed by atoms with E-state index >= 15 is 0 Å². The number of carbonyl (C=O) groups excluding carboxylic acids is 1. The van der Waals surface area contributed by atoms with Gasteiger partial charge in [0.25, 0.3) is 5.91 Å². The number of halogens is 3. The van der Waals surface area contributed by atoms with Crippen molar-refractivity contribution in [3.05, 3.63) is 42.2 Å². The third kappa shape index (κ3) is 3.87. The van der Waals surface area contributed by atoms with Crippen molar-refractivity contribution in [1.29, 1.82) is 0 Å². The highest BCUT2D eigenvalue weighted by Gasteiger charge is 2.32. The molecule has 1 amide bonds. The van der Waals surface area contributed by atoms with Gasteiger partial charge >= 0.3 is 6.36 Å². The smallest absolute Gasteiger partial charge is 0.451 e. The Labute approximate surface area is 140 Å². The third-order valence-corrected chi connectivity index (χ3v) is 4.44. The molecular formula is C16H14F3NO3S. The highest BCUT2D eigenvalue weighted by Crippen LogP contribution is 2.34. The molecule has 0 unspecified atom stereocenters. The molecule has 1 aliphatic heterocycles. The fourth-order valence-corrected chi connectivity index (χ4v) is 3.31. The van der Waals surface area contributed by atoms with Crippen LogP contribution in [0.1, 0.15) is 10.6 Å². The van der Waals surface area contributed by atoms with Crippen molar-refractivity contribution in [3.63, 3.8) is 0 Å². The quantitative estimate of drug-likeness (QED) is 0.832. The average Bonchev–Trinajstić information content (AvgIpc) is 3.04. The number of hydrogen-bond donors (Lipinski definition) is 0. The number of rotatable bonds is 3. The largest absolute Gasteiger partial charge is 0.573 e. The van der Waals surface area contributed by atoms with Crippen LogP contribution in [0.2, 0.25) is 0 Å². The number of nitrogens with zero attached hydrogens (tertiary/aromatic N) is 1. The maximum atomic E-state index is 12.5. The summed E-state index contributed by atoms with van der Waals surface area (Å²) in [7, 11) is 0. The first-order chi connectivity index (χ1) is 11.4. The standard InChI is InChI=1S/C16H14F3NO3S/c17-16(18,19)23-13-4-2-1-3-11(13)12-5-6-14(22-12)15(21)20-7-9-24-10-8-20/h1-6H,7-10H2. The molecule has 0 N–H and O–H groups in total. The summed E-state index contributed by atoms with van der Waals surface area (Å²) in [6.45, 7) is 1.26. The van der Waals surface area contributed by atoms with Crippen molar-refractivity contribution in [2.75, 3.05) is 24.6 Å². The first kappa shape index (κ1) is 16.8. The fraction of sp³-hybridized carbons (Fsp3) is 0.312. The van der Waals surface area contributed by atoms with Gasteiger partial charge in [0.1, 0.15) is 11.5 Å². The van der Waals surface area contributed by atoms with E-state index in [2.05, 4.69) is 4.74 Å². The van der Waals surface area contributed by atoms with Crippen LogP contribution < -0.4 is 4.74 Å². The number of benzene rings is 1. The lowest BCUT2D eigenvalue weighted by Crippen LogP contribution is -2.37. The van der Waals surface area contributed by atoms with Crippen LogP contribution in [0.3, 0.4) is 0 Å². The van der Waals surface area contributed by atoms with Crippen molar-refractivity contribution in [1.82, 2.24) is 4.90 Å². The molecule has 1 aromatic heterocycles. The average molecular weight is 357 g/mol. The van der Waals surface area contributed by atoms with Gasteiger partial charge in [0, 0.05) is 24.6 Å². The van der Waals surface area contributed by atoms with Gasteiger partial charge in [0.05, 0.1) is 5.56 Å². The van der Waals surface area contributed by atoms with Crippen molar-refractivity contribution in [3.8, 4) is 17.1 Å². The Morgan fingerprint density at radius 1 is 1.12 bits per heavy atom. The van der Waals surface area contributed by atoms with Crippen LogP contribution in [-0.4, -0.2) is 41.8 Å². The first-order valence-electron chi connectivity index (χ1n) is 7.26. The second-order valence-electron chi connectivity index (χ2n) is 5.11. The number of ether oxygens (including phenoxy) is 1. The Hall–Kier alpha value is -2.09. The van der Waals surface area contributed by atoms with Gasteiger partial charge in [0.15, 0.2) is 5.76 Å². The second-order valence-corrected chi connectivity index (χ2v) is 6.34. The number of para-hydroxylation sites is 1. The van der Waals surface area contributed by atoms with E-state index in [0.717, 1.165) is 11.5 Å². The van der Waals surface area contributed by atoms with Crippen molar-refractivity contribution >= 4 is 17.7 Å². The molecular weight excluding hydrogens is 343 g/mol. The number of furan rings is 1. The number of carbonyl (C=O) groups is 1. The Morgan fingerprint density at radius 3 is 2.54 bits per heavy atom. The summed E-state index contributed by atoms with van der Waals surface area (Å²) in [6.07, 6.45) is -4.80. The van der Waals surface area contributed by atoms with Gasteiger partial charge < -0.3 is 14.1 Å². The van der Waals surface area contributed by atoms with E-state index in [4.69, 9.17) is 4.42 Å². The van der Waals surface area contributed by atoms with Crippen LogP contribution in [0.15, 0.2) is 40.8 Å². The van der Waals surface area contributed by atoms with Gasteiger partial charge in [-0.1, -0.05) is 12.1 Å². The highest BCUT2D eigenvalue weighted by atomic mass is 32.2. The fourth-order valence-electron chi connectivity index (χ4n) is 2.40. The lowest BCUT2D eigenvalue weighted by atomic mass is 10.1. The van der Waals surface area contributed by atoms with Gasteiger partial charge in [-0.05, 0) is 24.3 Å². The van der Waals surface area contributed by atoms with Crippen molar-refractivity contribution < 1.29 is 27.1 Å². The summed E-state index contributed by atoms with van der Waals surface area (Å²) in [5.74, 6) is 1.37. The molecule has 4 nitrogen and oxygen atoms in total. The van der Waals surface area contributed by atoms with Crippen LogP contribution in [0.25, 0.3) is 11.3 Å². The molecule has 0 atom stereocenters. The molecule has 0 radical (unpaired) electrons. The van der Waals surface area contributed by atoms with Crippen LogP contribution >= 0.6 is 11.8 Å². The molecule has 24 heavy (non-hydrogen) atoms. The molecule has 0 bridgehead atoms. The second kappa shape index (κ2) is 6.80. The number of amides is 1. The number of hydrogen-bond acceptors (Lipinski definition) is 4. The molecule has 3 rings (SSSR count). The first-order valence-corrected chi connectivity index (χ1v) is 8.41. The van der Waals surface area contributed by atoms with Crippen molar-refractivity contribution in [2.45, 2.75) is 6.36 Å². The van der Waals surface area contributed by atoms with E-state index in [-0.39, 0.29) is 28.7 Å². The highest BCUT2D eigenvalue weighted by molar-refractivity contribution is 7.99. The summed E-state index contributed by atoms with van der Waals surface area (Å²) in [5, 5.41) is 0. The maximum absolute atomic E-state index is 12.5. The zero-order chi connectivity index (χ0) is 17.2. The molecule has 1 aliphatic rings. The molecule has 2 heterocycles. The molecule has 0 saturated carbocycles. The zero-order valence-corrected chi connectivity index (χ0v) is 13.3. The van der Waals surface area contributed by atoms with E-state index in [1.54, 1.807) is 22.7 Å². The van der Waals surface area contributed by atoms with Crippen LogP contribution in [-0.2, 0) is 0 Å². The van der Waals surface area contributed by atoms with Crippen LogP contribution in [0, 0.1) is 0 Å². The normalized spacial score (nSPS) is 15.4. The van der Waals surface area contributed by atoms with E-state index in [1.807, 2.05) is 0 Å². The minimum Gasteiger partial charge on any atom is -0.451 e. The van der Waals surface area contributed by atoms with E-state index in [1.165, 1.54) is 30.3 Å². The number of thioether (sulfide) groups is 1. The summed E-state index contributed by atoms with van der Waals surface area (Å²) >= 11 is 1.77. The summed E-state index contributed by atoms with van der Waals surface area (Å²) in [6, 6.07) is 8.62. The SMILES string of the molecule is O=C(c1ccc(-c2ccccc2OC(F)(F)F)o1)N1CCSCC1.